The van der Waals surface area contributed by atoms with E-state index in [1.54, 1.807) is 31.2 Å². The van der Waals surface area contributed by atoms with Crippen LogP contribution in [0.1, 0.15) is 29.3 Å². The maximum atomic E-state index is 12.4. The highest BCUT2D eigenvalue weighted by atomic mass is 16.5. The van der Waals surface area contributed by atoms with Crippen molar-refractivity contribution in [3.63, 3.8) is 0 Å². The summed E-state index contributed by atoms with van der Waals surface area (Å²) in [5, 5.41) is 3.10. The maximum absolute atomic E-state index is 12.4. The second kappa shape index (κ2) is 8.13. The van der Waals surface area contributed by atoms with Gasteiger partial charge in [0.2, 0.25) is 0 Å². The van der Waals surface area contributed by atoms with Crippen molar-refractivity contribution in [2.45, 2.75) is 26.3 Å². The third-order valence-electron chi connectivity index (χ3n) is 3.45. The van der Waals surface area contributed by atoms with Crippen molar-refractivity contribution in [2.75, 3.05) is 11.9 Å². The molecule has 0 fully saturated rings. The molecule has 23 heavy (non-hydrogen) atoms. The van der Waals surface area contributed by atoms with Gasteiger partial charge in [-0.2, -0.15) is 0 Å². The first kappa shape index (κ1) is 16.7. The minimum Gasteiger partial charge on any atom is -0.464 e. The molecule has 2 rings (SSSR count). The summed E-state index contributed by atoms with van der Waals surface area (Å²) in [6.45, 7) is 4.02. The Balaban J connectivity index is 2.12. The van der Waals surface area contributed by atoms with Crippen LogP contribution in [0.15, 0.2) is 54.6 Å². The molecule has 0 aliphatic heterocycles. The number of ether oxygens (including phenoxy) is 1. The molecule has 0 heterocycles. The molecular weight excluding hydrogens is 290 g/mol. The van der Waals surface area contributed by atoms with E-state index in [4.69, 9.17) is 4.74 Å². The molecular formula is C19H21NO3. The topological polar surface area (TPSA) is 55.4 Å². The fraction of sp³-hybridized carbons (Fsp3) is 0.263. The molecule has 0 spiro atoms. The van der Waals surface area contributed by atoms with Gasteiger partial charge in [-0.15, -0.1) is 0 Å². The van der Waals surface area contributed by atoms with Crippen LogP contribution in [0.25, 0.3) is 0 Å². The number of aryl methyl sites for hydroxylation is 1. The number of anilines is 1. The summed E-state index contributed by atoms with van der Waals surface area (Å²) in [6, 6.07) is 15.9. The lowest BCUT2D eigenvalue weighted by Crippen LogP contribution is -2.33. The van der Waals surface area contributed by atoms with Gasteiger partial charge in [0.05, 0.1) is 6.61 Å². The smallest absolute Gasteiger partial charge is 0.329 e. The lowest BCUT2D eigenvalue weighted by molar-refractivity contribution is -0.144. The summed E-state index contributed by atoms with van der Waals surface area (Å²) in [5.41, 5.74) is 2.51. The van der Waals surface area contributed by atoms with Crippen molar-refractivity contribution in [1.82, 2.24) is 0 Å². The molecule has 0 aliphatic rings. The van der Waals surface area contributed by atoms with Gasteiger partial charge >= 0.3 is 5.97 Å². The Bertz CT molecular complexity index is 650. The van der Waals surface area contributed by atoms with Gasteiger partial charge in [-0.25, -0.2) is 4.79 Å². The number of hydrogen-bond donors (Lipinski definition) is 1. The molecule has 1 unspecified atom stereocenters. The monoisotopic (exact) mass is 311 g/mol. The Kier molecular flexibility index (Phi) is 5.92. The van der Waals surface area contributed by atoms with E-state index in [0.717, 1.165) is 11.3 Å². The van der Waals surface area contributed by atoms with Crippen LogP contribution in [0.5, 0.6) is 0 Å². The third-order valence-corrected chi connectivity index (χ3v) is 3.45. The fourth-order valence-electron chi connectivity index (χ4n) is 2.21. The van der Waals surface area contributed by atoms with Crippen LogP contribution in [0.3, 0.4) is 0 Å². The molecule has 2 aromatic rings. The second-order valence-electron chi connectivity index (χ2n) is 5.31. The summed E-state index contributed by atoms with van der Waals surface area (Å²) in [5.74, 6) is -0.513. The summed E-state index contributed by atoms with van der Waals surface area (Å²) in [7, 11) is 0. The number of Topliss-reactive ketones (excluding diaryl/α,β-unsaturated/α-hetero) is 1. The van der Waals surface area contributed by atoms with Crippen molar-refractivity contribution in [2.24, 2.45) is 0 Å². The number of carbonyl (C=O) groups excluding carboxylic acids is 2. The molecule has 1 atom stereocenters. The number of nitrogens with one attached hydrogen (secondary N) is 1. The zero-order valence-electron chi connectivity index (χ0n) is 13.4. The molecule has 0 saturated carbocycles. The Hall–Kier alpha value is -2.62. The van der Waals surface area contributed by atoms with Crippen LogP contribution in [-0.4, -0.2) is 24.4 Å². The minimum atomic E-state index is -0.703. The molecule has 0 aromatic heterocycles. The number of hydrogen-bond acceptors (Lipinski definition) is 4. The molecule has 0 radical (unpaired) electrons. The predicted octanol–water partition coefficient (Wildman–Crippen LogP) is 3.61. The van der Waals surface area contributed by atoms with Gasteiger partial charge in [-0.1, -0.05) is 48.0 Å². The van der Waals surface area contributed by atoms with Gasteiger partial charge in [-0.05, 0) is 26.0 Å². The molecule has 0 aliphatic carbocycles. The van der Waals surface area contributed by atoms with Gasteiger partial charge in [0.25, 0.3) is 0 Å². The first-order chi connectivity index (χ1) is 11.1. The summed E-state index contributed by atoms with van der Waals surface area (Å²) >= 11 is 0. The highest BCUT2D eigenvalue weighted by molar-refractivity contribution is 5.99. The quantitative estimate of drug-likeness (QED) is 0.627. The number of ketones is 1. The molecule has 2 aromatic carbocycles. The lowest BCUT2D eigenvalue weighted by Gasteiger charge is -2.18. The van der Waals surface area contributed by atoms with E-state index in [9.17, 15) is 9.59 Å². The first-order valence-electron chi connectivity index (χ1n) is 7.68. The summed E-state index contributed by atoms with van der Waals surface area (Å²) in [6.07, 6.45) is 0.0523. The third kappa shape index (κ3) is 4.95. The number of rotatable bonds is 7. The van der Waals surface area contributed by atoms with Crippen molar-refractivity contribution >= 4 is 17.4 Å². The van der Waals surface area contributed by atoms with Crippen molar-refractivity contribution in [3.05, 3.63) is 65.7 Å². The molecule has 1 N–H and O–H groups in total. The highest BCUT2D eigenvalue weighted by Gasteiger charge is 2.23. The second-order valence-corrected chi connectivity index (χ2v) is 5.31. The van der Waals surface area contributed by atoms with E-state index in [2.05, 4.69) is 5.32 Å². The zero-order chi connectivity index (χ0) is 16.7. The molecule has 120 valence electrons. The van der Waals surface area contributed by atoms with Crippen molar-refractivity contribution in [1.29, 1.82) is 0 Å². The standard InChI is InChI=1S/C19H21NO3/c1-3-23-19(22)17(20-16-11-9-14(2)10-12-16)13-18(21)15-7-5-4-6-8-15/h4-12,17,20H,3,13H2,1-2H3. The molecule has 4 heteroatoms. The SMILES string of the molecule is CCOC(=O)C(CC(=O)c1ccccc1)Nc1ccc(C)cc1. The first-order valence-corrected chi connectivity index (χ1v) is 7.68. The van der Waals surface area contributed by atoms with E-state index < -0.39 is 12.0 Å². The lowest BCUT2D eigenvalue weighted by atomic mass is 10.0. The van der Waals surface area contributed by atoms with Crippen molar-refractivity contribution in [3.8, 4) is 0 Å². The predicted molar refractivity (Wildman–Crippen MR) is 90.6 cm³/mol. The van der Waals surface area contributed by atoms with E-state index in [-0.39, 0.29) is 18.8 Å². The van der Waals surface area contributed by atoms with Gasteiger partial charge in [-0.3, -0.25) is 4.79 Å². The van der Waals surface area contributed by atoms with Crippen LogP contribution in [0.2, 0.25) is 0 Å². The van der Waals surface area contributed by atoms with Gasteiger partial charge in [0.1, 0.15) is 6.04 Å². The van der Waals surface area contributed by atoms with Crippen LogP contribution in [0.4, 0.5) is 5.69 Å². The normalized spacial score (nSPS) is 11.6. The Morgan fingerprint density at radius 3 is 2.30 bits per heavy atom. The summed E-state index contributed by atoms with van der Waals surface area (Å²) in [4.78, 5) is 24.5. The van der Waals surface area contributed by atoms with Gasteiger partial charge in [0, 0.05) is 17.7 Å². The summed E-state index contributed by atoms with van der Waals surface area (Å²) < 4.78 is 5.08. The molecule has 0 amide bonds. The molecule has 0 bridgehead atoms. The molecule has 4 nitrogen and oxygen atoms in total. The van der Waals surface area contributed by atoms with E-state index in [0.29, 0.717) is 5.56 Å². The van der Waals surface area contributed by atoms with Crippen LogP contribution >= 0.6 is 0 Å². The minimum absolute atomic E-state index is 0.0523. The van der Waals surface area contributed by atoms with Crippen molar-refractivity contribution < 1.29 is 14.3 Å². The van der Waals surface area contributed by atoms with Gasteiger partial charge in [0.15, 0.2) is 5.78 Å². The van der Waals surface area contributed by atoms with E-state index >= 15 is 0 Å². The van der Waals surface area contributed by atoms with Crippen LogP contribution in [-0.2, 0) is 9.53 Å². The Morgan fingerprint density at radius 2 is 1.70 bits per heavy atom. The molecule has 0 saturated heterocycles. The average molecular weight is 311 g/mol. The fourth-order valence-corrected chi connectivity index (χ4v) is 2.21. The number of benzene rings is 2. The zero-order valence-corrected chi connectivity index (χ0v) is 13.4. The number of carbonyl (C=O) groups is 2. The van der Waals surface area contributed by atoms with Gasteiger partial charge < -0.3 is 10.1 Å². The largest absolute Gasteiger partial charge is 0.464 e. The van der Waals surface area contributed by atoms with E-state index in [1.807, 2.05) is 37.3 Å². The average Bonchev–Trinajstić information content (AvgIpc) is 2.57. The van der Waals surface area contributed by atoms with Crippen LogP contribution < -0.4 is 5.32 Å². The number of esters is 1. The Morgan fingerprint density at radius 1 is 1.04 bits per heavy atom. The van der Waals surface area contributed by atoms with E-state index in [1.165, 1.54) is 0 Å². The van der Waals surface area contributed by atoms with Crippen LogP contribution in [0, 0.1) is 6.92 Å². The highest BCUT2D eigenvalue weighted by Crippen LogP contribution is 2.14. The Labute approximate surface area is 136 Å². The maximum Gasteiger partial charge on any atom is 0.329 e.